The smallest absolute Gasteiger partial charge is 0.178 e. The maximum Gasteiger partial charge on any atom is 0.178 e. The zero-order valence-electron chi connectivity index (χ0n) is 5.75. The van der Waals surface area contributed by atoms with E-state index in [1.165, 1.54) is 0 Å². The van der Waals surface area contributed by atoms with Gasteiger partial charge in [-0.25, -0.2) is 0 Å². The van der Waals surface area contributed by atoms with E-state index in [2.05, 4.69) is 20.9 Å². The number of ketones is 1. The van der Waals surface area contributed by atoms with Gasteiger partial charge in [0.2, 0.25) is 0 Å². The standard InChI is InChI=1S/C8H6BrNO/c9-6-4-7-5(8(6)11)2-1-3-10-7/h1-3,6H,4H2. The van der Waals surface area contributed by atoms with Crippen LogP contribution in [0.4, 0.5) is 0 Å². The number of carbonyl (C=O) groups is 1. The SMILES string of the molecule is O=C1c2cccnc2CC1Br. The van der Waals surface area contributed by atoms with Crippen LogP contribution in [0.2, 0.25) is 0 Å². The van der Waals surface area contributed by atoms with Gasteiger partial charge >= 0.3 is 0 Å². The Kier molecular flexibility index (Phi) is 1.53. The molecule has 56 valence electrons. The summed E-state index contributed by atoms with van der Waals surface area (Å²) >= 11 is 3.29. The lowest BCUT2D eigenvalue weighted by Crippen LogP contribution is -2.05. The van der Waals surface area contributed by atoms with Crippen molar-refractivity contribution >= 4 is 21.7 Å². The van der Waals surface area contributed by atoms with Gasteiger partial charge in [0.15, 0.2) is 5.78 Å². The number of fused-ring (bicyclic) bond motifs is 1. The Bertz CT molecular complexity index is 311. The number of halogens is 1. The van der Waals surface area contributed by atoms with E-state index in [-0.39, 0.29) is 10.6 Å². The molecular formula is C8H6BrNO. The number of hydrogen-bond acceptors (Lipinski definition) is 2. The van der Waals surface area contributed by atoms with E-state index >= 15 is 0 Å². The molecule has 0 bridgehead atoms. The predicted octanol–water partition coefficient (Wildman–Crippen LogP) is 1.58. The van der Waals surface area contributed by atoms with Gasteiger partial charge in [0.05, 0.1) is 10.5 Å². The number of carbonyl (C=O) groups excluding carboxylic acids is 1. The fourth-order valence-corrected chi connectivity index (χ4v) is 1.81. The quantitative estimate of drug-likeness (QED) is 0.611. The first-order valence-corrected chi connectivity index (χ1v) is 4.33. The molecule has 0 N–H and O–H groups in total. The van der Waals surface area contributed by atoms with Crippen molar-refractivity contribution in [3.05, 3.63) is 29.6 Å². The summed E-state index contributed by atoms with van der Waals surface area (Å²) in [5, 5.41) is 0. The highest BCUT2D eigenvalue weighted by Gasteiger charge is 2.28. The summed E-state index contributed by atoms with van der Waals surface area (Å²) < 4.78 is 0. The van der Waals surface area contributed by atoms with Gasteiger partial charge in [0.25, 0.3) is 0 Å². The minimum absolute atomic E-state index is 0.0487. The summed E-state index contributed by atoms with van der Waals surface area (Å²) in [6.45, 7) is 0. The lowest BCUT2D eigenvalue weighted by atomic mass is 10.2. The van der Waals surface area contributed by atoms with Crippen LogP contribution >= 0.6 is 15.9 Å². The molecule has 0 aromatic carbocycles. The Hall–Kier alpha value is -0.700. The van der Waals surface area contributed by atoms with Gasteiger partial charge in [0, 0.05) is 18.2 Å². The van der Waals surface area contributed by atoms with Gasteiger partial charge in [-0.15, -0.1) is 0 Å². The van der Waals surface area contributed by atoms with Crippen LogP contribution in [-0.2, 0) is 6.42 Å². The molecule has 0 spiro atoms. The van der Waals surface area contributed by atoms with Crippen molar-refractivity contribution in [1.29, 1.82) is 0 Å². The molecule has 2 rings (SSSR count). The molecule has 11 heavy (non-hydrogen) atoms. The second kappa shape index (κ2) is 2.41. The fourth-order valence-electron chi connectivity index (χ4n) is 1.26. The molecule has 0 radical (unpaired) electrons. The van der Waals surface area contributed by atoms with E-state index in [0.29, 0.717) is 0 Å². The van der Waals surface area contributed by atoms with E-state index in [1.54, 1.807) is 12.3 Å². The van der Waals surface area contributed by atoms with Crippen LogP contribution in [0.25, 0.3) is 0 Å². The highest BCUT2D eigenvalue weighted by atomic mass is 79.9. The molecule has 0 aliphatic heterocycles. The molecule has 0 saturated heterocycles. The van der Waals surface area contributed by atoms with Crippen molar-refractivity contribution in [3.8, 4) is 0 Å². The fraction of sp³-hybridized carbons (Fsp3) is 0.250. The van der Waals surface area contributed by atoms with Crippen LogP contribution in [0.1, 0.15) is 16.1 Å². The number of pyridine rings is 1. The summed E-state index contributed by atoms with van der Waals surface area (Å²) in [6.07, 6.45) is 2.45. The zero-order chi connectivity index (χ0) is 7.84. The minimum Gasteiger partial charge on any atom is -0.293 e. The lowest BCUT2D eigenvalue weighted by Gasteiger charge is -1.91. The largest absolute Gasteiger partial charge is 0.293 e. The van der Waals surface area contributed by atoms with Crippen LogP contribution in [0.15, 0.2) is 18.3 Å². The van der Waals surface area contributed by atoms with Crippen molar-refractivity contribution < 1.29 is 4.79 Å². The molecular weight excluding hydrogens is 206 g/mol. The van der Waals surface area contributed by atoms with Crippen molar-refractivity contribution in [1.82, 2.24) is 4.98 Å². The number of aromatic nitrogens is 1. The molecule has 1 heterocycles. The number of rotatable bonds is 0. The van der Waals surface area contributed by atoms with Gasteiger partial charge in [-0.2, -0.15) is 0 Å². The normalized spacial score (nSPS) is 21.9. The van der Waals surface area contributed by atoms with Gasteiger partial charge in [-0.3, -0.25) is 9.78 Å². The summed E-state index contributed by atoms with van der Waals surface area (Å²) in [5.41, 5.74) is 1.69. The summed E-state index contributed by atoms with van der Waals surface area (Å²) in [4.78, 5) is 15.4. The van der Waals surface area contributed by atoms with E-state index in [0.717, 1.165) is 17.7 Å². The lowest BCUT2D eigenvalue weighted by molar-refractivity contribution is 0.100. The third-order valence-corrected chi connectivity index (χ3v) is 2.55. The molecule has 3 heteroatoms. The van der Waals surface area contributed by atoms with E-state index in [4.69, 9.17) is 0 Å². The molecule has 2 nitrogen and oxygen atoms in total. The monoisotopic (exact) mass is 211 g/mol. The number of hydrogen-bond donors (Lipinski definition) is 0. The second-order valence-electron chi connectivity index (χ2n) is 2.53. The second-order valence-corrected chi connectivity index (χ2v) is 3.64. The highest BCUT2D eigenvalue weighted by Crippen LogP contribution is 2.24. The molecule has 1 aliphatic carbocycles. The predicted molar refractivity (Wildman–Crippen MR) is 45.0 cm³/mol. The highest BCUT2D eigenvalue weighted by molar-refractivity contribution is 9.10. The Morgan fingerprint density at radius 3 is 3.18 bits per heavy atom. The zero-order valence-corrected chi connectivity index (χ0v) is 7.34. The summed E-state index contributed by atoms with van der Waals surface area (Å²) in [7, 11) is 0. The number of alkyl halides is 1. The number of nitrogens with zero attached hydrogens (tertiary/aromatic N) is 1. The average Bonchev–Trinajstić information content (AvgIpc) is 2.30. The Balaban J connectivity index is 2.55. The topological polar surface area (TPSA) is 30.0 Å². The van der Waals surface area contributed by atoms with Crippen LogP contribution in [0.3, 0.4) is 0 Å². The first kappa shape index (κ1) is 6.98. The molecule has 1 aromatic heterocycles. The molecule has 0 amide bonds. The first-order chi connectivity index (χ1) is 5.29. The van der Waals surface area contributed by atoms with Crippen LogP contribution in [-0.4, -0.2) is 15.6 Å². The summed E-state index contributed by atoms with van der Waals surface area (Å²) in [6, 6.07) is 3.62. The van der Waals surface area contributed by atoms with Gasteiger partial charge in [-0.1, -0.05) is 15.9 Å². The van der Waals surface area contributed by atoms with E-state index in [9.17, 15) is 4.79 Å². The van der Waals surface area contributed by atoms with Crippen molar-refractivity contribution in [2.75, 3.05) is 0 Å². The maximum atomic E-state index is 11.3. The third-order valence-electron chi connectivity index (χ3n) is 1.81. The van der Waals surface area contributed by atoms with Gasteiger partial charge < -0.3 is 0 Å². The van der Waals surface area contributed by atoms with E-state index < -0.39 is 0 Å². The molecule has 0 fully saturated rings. The van der Waals surface area contributed by atoms with Crippen LogP contribution in [0, 0.1) is 0 Å². The van der Waals surface area contributed by atoms with Crippen molar-refractivity contribution in [2.45, 2.75) is 11.2 Å². The molecule has 1 unspecified atom stereocenters. The van der Waals surface area contributed by atoms with Crippen LogP contribution in [0.5, 0.6) is 0 Å². The van der Waals surface area contributed by atoms with Gasteiger partial charge in [-0.05, 0) is 12.1 Å². The average molecular weight is 212 g/mol. The van der Waals surface area contributed by atoms with Crippen LogP contribution < -0.4 is 0 Å². The van der Waals surface area contributed by atoms with Crippen molar-refractivity contribution in [3.63, 3.8) is 0 Å². The molecule has 1 aliphatic rings. The Morgan fingerprint density at radius 1 is 1.64 bits per heavy atom. The number of Topliss-reactive ketones (excluding diaryl/α,β-unsaturated/α-hetero) is 1. The molecule has 1 aromatic rings. The Labute approximate surface area is 72.8 Å². The third kappa shape index (κ3) is 0.997. The maximum absolute atomic E-state index is 11.3. The van der Waals surface area contributed by atoms with Crippen molar-refractivity contribution in [2.24, 2.45) is 0 Å². The van der Waals surface area contributed by atoms with Gasteiger partial charge in [0.1, 0.15) is 0 Å². The molecule has 1 atom stereocenters. The minimum atomic E-state index is -0.0487. The molecule has 0 saturated carbocycles. The van der Waals surface area contributed by atoms with E-state index in [1.807, 2.05) is 6.07 Å². The first-order valence-electron chi connectivity index (χ1n) is 3.41. The Morgan fingerprint density at radius 2 is 2.45 bits per heavy atom. The summed E-state index contributed by atoms with van der Waals surface area (Å²) in [5.74, 6) is 0.160.